The maximum Gasteiger partial charge on any atom is 0.276 e. The average Bonchev–Trinajstić information content (AvgIpc) is 3.67. The Morgan fingerprint density at radius 3 is 2.69 bits per heavy atom. The Kier molecular flexibility index (Phi) is 9.67. The lowest BCUT2D eigenvalue weighted by molar-refractivity contribution is -0.111. The Labute approximate surface area is 315 Å². The van der Waals surface area contributed by atoms with Crippen molar-refractivity contribution in [3.63, 3.8) is 0 Å². The van der Waals surface area contributed by atoms with E-state index >= 15 is 0 Å². The molecular weight excluding hydrogens is 685 g/mol. The predicted octanol–water partition coefficient (Wildman–Crippen LogP) is 4.57. The summed E-state index contributed by atoms with van der Waals surface area (Å²) in [5.41, 5.74) is 6.59. The maximum atomic E-state index is 13.9. The zero-order chi connectivity index (χ0) is 37.6. The number of fused-ring (bicyclic) bond motifs is 3. The van der Waals surface area contributed by atoms with Crippen LogP contribution in [0.25, 0.3) is 11.4 Å². The van der Waals surface area contributed by atoms with Crippen LogP contribution in [-0.2, 0) is 35.5 Å². The molecule has 2 amide bonds. The van der Waals surface area contributed by atoms with Gasteiger partial charge in [-0.25, -0.2) is 15.0 Å². The van der Waals surface area contributed by atoms with Gasteiger partial charge in [-0.15, -0.1) is 0 Å². The first kappa shape index (κ1) is 35.8. The van der Waals surface area contributed by atoms with Gasteiger partial charge in [-0.1, -0.05) is 20.4 Å². The Hall–Kier alpha value is -5.18. The van der Waals surface area contributed by atoms with Crippen molar-refractivity contribution in [1.82, 2.24) is 29.4 Å². The molecule has 3 N–H and O–H groups in total. The van der Waals surface area contributed by atoms with Gasteiger partial charge in [-0.3, -0.25) is 19.4 Å². The quantitative estimate of drug-likeness (QED) is 0.208. The third kappa shape index (κ3) is 6.85. The summed E-state index contributed by atoms with van der Waals surface area (Å²) in [4.78, 5) is 51.2. The van der Waals surface area contributed by atoms with E-state index in [9.17, 15) is 14.7 Å². The second-order valence-electron chi connectivity index (χ2n) is 15.5. The fraction of sp³-hybridized carbons (Fsp3) is 0.450. The molecule has 1 unspecified atom stereocenters. The van der Waals surface area contributed by atoms with Crippen molar-refractivity contribution in [2.45, 2.75) is 71.7 Å². The first-order valence-electron chi connectivity index (χ1n) is 18.9. The molecule has 8 rings (SSSR count). The number of ether oxygens (including phenoxy) is 1. The summed E-state index contributed by atoms with van der Waals surface area (Å²) in [5, 5.41) is 16.9. The fourth-order valence-electron chi connectivity index (χ4n) is 8.68. The minimum atomic E-state index is -0.363. The number of nitrogens with zero attached hydrogens (tertiary/aromatic N) is 8. The maximum absolute atomic E-state index is 13.9. The second-order valence-corrected chi connectivity index (χ2v) is 15.5. The number of aromatic nitrogens is 5. The smallest absolute Gasteiger partial charge is 0.276 e. The van der Waals surface area contributed by atoms with Crippen LogP contribution in [0.15, 0.2) is 55.5 Å². The highest BCUT2D eigenvalue weighted by atomic mass is 16.5. The van der Waals surface area contributed by atoms with Crippen molar-refractivity contribution in [3.05, 3.63) is 78.0 Å². The third-order valence-electron chi connectivity index (χ3n) is 11.3. The monoisotopic (exact) mass is 732 g/mol. The Morgan fingerprint density at radius 1 is 1.07 bits per heavy atom. The molecule has 282 valence electrons. The Morgan fingerprint density at radius 2 is 1.91 bits per heavy atom. The molecule has 6 heterocycles. The standard InChI is InChI=1S/C40H48N10O4/c1-5-35(52)45-31-19-27(6-7-32(31)48-13-12-47(22-25(48)2)28-9-16-54-17-10-28)44-39-43-24-42-36(46-39)29-8-11-41-37(30(29)23-51)50-15-14-49-33(38(50)53)18-26-20-40(3,4)21-34(26)49/h5-8,11,18-19,24-25,28,51H,1,9-10,12-17,20-23H2,2-4H3,(H,45,52)(H,42,43,44,46). The Bertz CT molecular complexity index is 2090. The summed E-state index contributed by atoms with van der Waals surface area (Å²) in [6.45, 7) is 15.4. The summed E-state index contributed by atoms with van der Waals surface area (Å²) in [6, 6.07) is 10.4. The molecule has 14 nitrogen and oxygen atoms in total. The van der Waals surface area contributed by atoms with Crippen molar-refractivity contribution in [2.24, 2.45) is 5.41 Å². The molecule has 0 bridgehead atoms. The normalized spacial score (nSPS) is 20.1. The highest BCUT2D eigenvalue weighted by Gasteiger charge is 2.38. The number of rotatable bonds is 9. The van der Waals surface area contributed by atoms with Gasteiger partial charge in [-0.2, -0.15) is 4.98 Å². The molecule has 2 fully saturated rings. The van der Waals surface area contributed by atoms with E-state index in [1.54, 1.807) is 17.2 Å². The summed E-state index contributed by atoms with van der Waals surface area (Å²) in [7, 11) is 0. The molecule has 4 aromatic rings. The summed E-state index contributed by atoms with van der Waals surface area (Å²) in [5.74, 6) is 0.553. The van der Waals surface area contributed by atoms with Crippen LogP contribution in [0, 0.1) is 5.41 Å². The van der Waals surface area contributed by atoms with Crippen molar-refractivity contribution >= 4 is 40.6 Å². The van der Waals surface area contributed by atoms with E-state index in [4.69, 9.17) is 9.72 Å². The second kappa shape index (κ2) is 14.6. The van der Waals surface area contributed by atoms with Crippen LogP contribution in [-0.4, -0.2) is 97.8 Å². The highest BCUT2D eigenvalue weighted by Crippen LogP contribution is 2.40. The van der Waals surface area contributed by atoms with Crippen LogP contribution in [0.1, 0.15) is 60.9 Å². The van der Waals surface area contributed by atoms with E-state index in [0.29, 0.717) is 59.0 Å². The van der Waals surface area contributed by atoms with Crippen molar-refractivity contribution < 1.29 is 19.4 Å². The van der Waals surface area contributed by atoms with E-state index in [0.717, 1.165) is 64.2 Å². The zero-order valence-corrected chi connectivity index (χ0v) is 31.2. The van der Waals surface area contributed by atoms with Gasteiger partial charge in [0, 0.05) is 86.7 Å². The van der Waals surface area contributed by atoms with Crippen LogP contribution in [0.2, 0.25) is 0 Å². The lowest BCUT2D eigenvalue weighted by atomic mass is 9.90. The van der Waals surface area contributed by atoms with Crippen molar-refractivity contribution in [2.75, 3.05) is 59.8 Å². The van der Waals surface area contributed by atoms with Gasteiger partial charge >= 0.3 is 0 Å². The fourth-order valence-corrected chi connectivity index (χ4v) is 8.68. The summed E-state index contributed by atoms with van der Waals surface area (Å²) < 4.78 is 7.75. The van der Waals surface area contributed by atoms with Crippen LogP contribution in [0.3, 0.4) is 0 Å². The number of nitrogens with one attached hydrogen (secondary N) is 2. The number of aliphatic hydroxyl groups is 1. The van der Waals surface area contributed by atoms with E-state index in [1.165, 1.54) is 23.7 Å². The number of pyridine rings is 1. The lowest BCUT2D eigenvalue weighted by Gasteiger charge is -2.45. The zero-order valence-electron chi connectivity index (χ0n) is 31.2. The molecule has 1 aromatic carbocycles. The molecule has 0 spiro atoms. The van der Waals surface area contributed by atoms with E-state index in [-0.39, 0.29) is 35.8 Å². The topological polar surface area (TPSA) is 154 Å². The number of hydrogen-bond acceptors (Lipinski definition) is 11. The van der Waals surface area contributed by atoms with E-state index < -0.39 is 0 Å². The summed E-state index contributed by atoms with van der Waals surface area (Å²) in [6.07, 6.45) is 8.29. The molecule has 4 aliphatic rings. The molecule has 1 aliphatic carbocycles. The van der Waals surface area contributed by atoms with Crippen LogP contribution < -0.4 is 20.4 Å². The van der Waals surface area contributed by atoms with Crippen molar-refractivity contribution in [3.8, 4) is 11.4 Å². The van der Waals surface area contributed by atoms with Gasteiger partial charge in [0.15, 0.2) is 5.82 Å². The SMILES string of the molecule is C=CC(=O)Nc1cc(Nc2ncnc(-c3ccnc(N4CCn5c(cc6c5CC(C)(C)C6)C4=O)c3CO)n2)ccc1N1CCN(C2CCOCC2)CC1C. The van der Waals surface area contributed by atoms with Gasteiger partial charge < -0.3 is 29.9 Å². The molecule has 14 heteroatoms. The number of carbonyl (C=O) groups excluding carboxylic acids is 2. The molecule has 1 atom stereocenters. The number of anilines is 5. The molecule has 3 aromatic heterocycles. The number of hydrogen-bond donors (Lipinski definition) is 3. The number of amides is 2. The van der Waals surface area contributed by atoms with E-state index in [2.05, 4.69) is 67.3 Å². The number of carbonyl (C=O) groups is 2. The largest absolute Gasteiger partial charge is 0.392 e. The molecule has 0 radical (unpaired) electrons. The first-order valence-corrected chi connectivity index (χ1v) is 18.9. The highest BCUT2D eigenvalue weighted by molar-refractivity contribution is 6.06. The minimum absolute atomic E-state index is 0.135. The number of benzene rings is 1. The molecule has 54 heavy (non-hydrogen) atoms. The number of aliphatic hydroxyl groups excluding tert-OH is 1. The minimum Gasteiger partial charge on any atom is -0.392 e. The van der Waals surface area contributed by atoms with Gasteiger partial charge in [-0.05, 0) is 80.0 Å². The Balaban J connectivity index is 1.03. The third-order valence-corrected chi connectivity index (χ3v) is 11.3. The van der Waals surface area contributed by atoms with Gasteiger partial charge in [0.2, 0.25) is 11.9 Å². The number of piperazine rings is 1. The van der Waals surface area contributed by atoms with Crippen molar-refractivity contribution in [1.29, 1.82) is 0 Å². The average molecular weight is 733 g/mol. The molecule has 2 saturated heterocycles. The van der Waals surface area contributed by atoms with Crippen LogP contribution in [0.4, 0.5) is 28.8 Å². The summed E-state index contributed by atoms with van der Waals surface area (Å²) >= 11 is 0. The molecule has 3 aliphatic heterocycles. The lowest BCUT2D eigenvalue weighted by Crippen LogP contribution is -2.56. The first-order chi connectivity index (χ1) is 26.1. The van der Waals surface area contributed by atoms with Gasteiger partial charge in [0.1, 0.15) is 17.8 Å². The van der Waals surface area contributed by atoms with Gasteiger partial charge in [0.25, 0.3) is 5.91 Å². The van der Waals surface area contributed by atoms with Crippen LogP contribution >= 0.6 is 0 Å². The molecular formula is C40H48N10O4. The van der Waals surface area contributed by atoms with Crippen LogP contribution in [0.5, 0.6) is 0 Å². The van der Waals surface area contributed by atoms with Gasteiger partial charge in [0.05, 0.1) is 18.0 Å². The predicted molar refractivity (Wildman–Crippen MR) is 207 cm³/mol. The molecule has 0 saturated carbocycles. The van der Waals surface area contributed by atoms with E-state index in [1.807, 2.05) is 24.3 Å².